The van der Waals surface area contributed by atoms with Gasteiger partial charge in [-0.2, -0.15) is 0 Å². The summed E-state index contributed by atoms with van der Waals surface area (Å²) in [6, 6.07) is 14.6. The van der Waals surface area contributed by atoms with Gasteiger partial charge >= 0.3 is 0 Å². The van der Waals surface area contributed by atoms with Gasteiger partial charge in [-0.1, -0.05) is 18.2 Å². The second kappa shape index (κ2) is 7.35. The van der Waals surface area contributed by atoms with Crippen LogP contribution in [0.4, 0.5) is 0 Å². The molecule has 1 fully saturated rings. The van der Waals surface area contributed by atoms with Gasteiger partial charge in [0.25, 0.3) is 5.91 Å². The molecule has 0 atom stereocenters. The third kappa shape index (κ3) is 3.26. The minimum absolute atomic E-state index is 0.128. The molecule has 6 heteroatoms. The molecule has 0 bridgehead atoms. The highest BCUT2D eigenvalue weighted by Crippen LogP contribution is 2.40. The Bertz CT molecular complexity index is 1100. The van der Waals surface area contributed by atoms with Crippen LogP contribution >= 0.6 is 22.7 Å². The average Bonchev–Trinajstić information content (AvgIpc) is 3.42. The van der Waals surface area contributed by atoms with Crippen molar-refractivity contribution in [3.63, 3.8) is 0 Å². The minimum Gasteiger partial charge on any atom is -0.467 e. The number of hydrogen-bond donors (Lipinski definition) is 0. The Morgan fingerprint density at radius 2 is 1.96 bits per heavy atom. The van der Waals surface area contributed by atoms with E-state index in [1.165, 1.54) is 19.5 Å². The highest BCUT2D eigenvalue weighted by Gasteiger charge is 2.29. The van der Waals surface area contributed by atoms with Crippen LogP contribution in [0.2, 0.25) is 0 Å². The molecular weight excluding hydrogens is 388 g/mol. The molecule has 0 aliphatic carbocycles. The number of hydrogen-bond acceptors (Lipinski definition) is 5. The van der Waals surface area contributed by atoms with Gasteiger partial charge in [0.2, 0.25) is 0 Å². The Kier molecular flexibility index (Phi) is 4.70. The number of rotatable bonds is 4. The number of likely N-dealkylation sites (tertiary alicyclic amines) is 1. The molecule has 0 radical (unpaired) electrons. The second-order valence-electron chi connectivity index (χ2n) is 7.45. The molecule has 1 aliphatic rings. The first-order chi connectivity index (χ1) is 13.7. The van der Waals surface area contributed by atoms with Gasteiger partial charge in [-0.3, -0.25) is 4.79 Å². The summed E-state index contributed by atoms with van der Waals surface area (Å²) in [6.07, 6.45) is 3.69. The Morgan fingerprint density at radius 3 is 2.75 bits per heavy atom. The van der Waals surface area contributed by atoms with Crippen LogP contribution < -0.4 is 0 Å². The molecule has 3 aromatic heterocycles. The number of carbonyl (C=O) groups is 1. The van der Waals surface area contributed by atoms with E-state index in [4.69, 9.17) is 4.42 Å². The zero-order valence-corrected chi connectivity index (χ0v) is 17.4. The number of carbonyl (C=O) groups excluding carboxylic acids is 1. The second-order valence-corrected chi connectivity index (χ2v) is 9.59. The number of furan rings is 1. The summed E-state index contributed by atoms with van der Waals surface area (Å²) in [6.45, 7) is 2.58. The van der Waals surface area contributed by atoms with E-state index in [0.29, 0.717) is 6.54 Å². The fraction of sp³-hybridized carbons (Fsp3) is 0.318. The largest absolute Gasteiger partial charge is 0.467 e. The van der Waals surface area contributed by atoms with E-state index in [-0.39, 0.29) is 11.9 Å². The smallest absolute Gasteiger partial charge is 0.264 e. The molecule has 0 saturated carbocycles. The summed E-state index contributed by atoms with van der Waals surface area (Å²) < 4.78 is 9.28. The summed E-state index contributed by atoms with van der Waals surface area (Å²) in [5.74, 6) is 0.972. The molecule has 1 saturated heterocycles. The molecule has 5 rings (SSSR count). The molecule has 4 heterocycles. The quantitative estimate of drug-likeness (QED) is 0.449. The first kappa shape index (κ1) is 17.9. The maximum Gasteiger partial charge on any atom is 0.264 e. The lowest BCUT2D eigenvalue weighted by atomic mass is 10.0. The first-order valence-electron chi connectivity index (χ1n) is 9.62. The topological polar surface area (TPSA) is 36.7 Å². The number of piperidine rings is 1. The van der Waals surface area contributed by atoms with Crippen LogP contribution in [0.15, 0.2) is 53.1 Å². The Hall–Kier alpha value is -2.15. The van der Waals surface area contributed by atoms with Crippen LogP contribution in [0, 0.1) is 0 Å². The molecule has 4 nitrogen and oxygen atoms in total. The molecule has 1 amide bonds. The zero-order chi connectivity index (χ0) is 19.1. The lowest BCUT2D eigenvalue weighted by molar-refractivity contribution is 0.0555. The van der Waals surface area contributed by atoms with Gasteiger partial charge in [-0.05, 0) is 57.2 Å². The summed E-state index contributed by atoms with van der Waals surface area (Å²) >= 11 is 3.39. The Balaban J connectivity index is 1.48. The van der Waals surface area contributed by atoms with Crippen molar-refractivity contribution in [2.45, 2.75) is 25.4 Å². The van der Waals surface area contributed by atoms with Gasteiger partial charge in [0, 0.05) is 20.8 Å². The molecule has 144 valence electrons. The maximum absolute atomic E-state index is 13.5. The lowest BCUT2D eigenvalue weighted by Crippen LogP contribution is -2.46. The van der Waals surface area contributed by atoms with Gasteiger partial charge in [-0.15, -0.1) is 22.7 Å². The fourth-order valence-corrected chi connectivity index (χ4v) is 6.47. The monoisotopic (exact) mass is 410 g/mol. The van der Waals surface area contributed by atoms with Crippen LogP contribution in [0.5, 0.6) is 0 Å². The van der Waals surface area contributed by atoms with Crippen molar-refractivity contribution < 1.29 is 9.21 Å². The summed E-state index contributed by atoms with van der Waals surface area (Å²) in [5.41, 5.74) is 0. The molecule has 1 aliphatic heterocycles. The SMILES string of the molecule is CN1CCC(N(Cc2ccco2)C(=O)c2cc3sc4ccccc4c3s2)CC1. The van der Waals surface area contributed by atoms with Crippen LogP contribution in [0.25, 0.3) is 19.5 Å². The van der Waals surface area contributed by atoms with E-state index in [1.807, 2.05) is 17.0 Å². The van der Waals surface area contributed by atoms with Gasteiger partial charge in [-0.25, -0.2) is 0 Å². The van der Waals surface area contributed by atoms with Crippen LogP contribution in [0.1, 0.15) is 28.3 Å². The highest BCUT2D eigenvalue weighted by atomic mass is 32.1. The predicted molar refractivity (Wildman–Crippen MR) is 116 cm³/mol. The Morgan fingerprint density at radius 1 is 1.14 bits per heavy atom. The average molecular weight is 411 g/mol. The molecular formula is C22H22N2O2S2. The van der Waals surface area contributed by atoms with Crippen molar-refractivity contribution in [3.8, 4) is 0 Å². The molecule has 0 unspecified atom stereocenters. The standard InChI is InChI=1S/C22H22N2O2S2/c1-23-10-8-15(9-11-23)24(14-16-5-4-12-26-16)22(25)20-13-19-21(28-20)17-6-2-3-7-18(17)27-19/h2-7,12-13,15H,8-11,14H2,1H3. The van der Waals surface area contributed by atoms with Crippen molar-refractivity contribution in [1.82, 2.24) is 9.80 Å². The van der Waals surface area contributed by atoms with Gasteiger partial charge in [0.1, 0.15) is 5.76 Å². The third-order valence-electron chi connectivity index (χ3n) is 5.56. The van der Waals surface area contributed by atoms with Crippen molar-refractivity contribution in [1.29, 1.82) is 0 Å². The molecule has 0 spiro atoms. The fourth-order valence-electron chi connectivity index (χ4n) is 3.99. The summed E-state index contributed by atoms with van der Waals surface area (Å²) in [5, 5.41) is 1.25. The number of nitrogens with zero attached hydrogens (tertiary/aromatic N) is 2. The molecule has 28 heavy (non-hydrogen) atoms. The van der Waals surface area contributed by atoms with E-state index in [0.717, 1.165) is 36.6 Å². The van der Waals surface area contributed by atoms with Crippen molar-refractivity contribution >= 4 is 48.1 Å². The Labute approximate surface area is 172 Å². The molecule has 4 aromatic rings. The minimum atomic E-state index is 0.128. The van der Waals surface area contributed by atoms with Crippen molar-refractivity contribution in [2.75, 3.05) is 20.1 Å². The lowest BCUT2D eigenvalue weighted by Gasteiger charge is -2.36. The number of thiophene rings is 2. The number of benzene rings is 1. The summed E-state index contributed by atoms with van der Waals surface area (Å²) in [4.78, 5) is 18.7. The van der Waals surface area contributed by atoms with Gasteiger partial charge in [0.15, 0.2) is 0 Å². The van der Waals surface area contributed by atoms with Crippen molar-refractivity contribution in [3.05, 3.63) is 59.4 Å². The van der Waals surface area contributed by atoms with E-state index in [9.17, 15) is 4.79 Å². The van der Waals surface area contributed by atoms with E-state index >= 15 is 0 Å². The molecule has 1 aromatic carbocycles. The van der Waals surface area contributed by atoms with Crippen molar-refractivity contribution in [2.24, 2.45) is 0 Å². The summed E-state index contributed by atoms with van der Waals surface area (Å²) in [7, 11) is 2.15. The van der Waals surface area contributed by atoms with Crippen LogP contribution in [0.3, 0.4) is 0 Å². The molecule has 0 N–H and O–H groups in total. The van der Waals surface area contributed by atoms with Crippen LogP contribution in [-0.2, 0) is 6.54 Å². The van der Waals surface area contributed by atoms with E-state index in [1.54, 1.807) is 28.9 Å². The van der Waals surface area contributed by atoms with Gasteiger partial charge < -0.3 is 14.2 Å². The van der Waals surface area contributed by atoms with Gasteiger partial charge in [0.05, 0.1) is 22.4 Å². The maximum atomic E-state index is 13.5. The predicted octanol–water partition coefficient (Wildman–Crippen LogP) is 5.45. The number of amides is 1. The highest BCUT2D eigenvalue weighted by molar-refractivity contribution is 7.33. The normalized spacial score (nSPS) is 16.2. The van der Waals surface area contributed by atoms with Crippen LogP contribution in [-0.4, -0.2) is 41.9 Å². The third-order valence-corrected chi connectivity index (χ3v) is 7.96. The van der Waals surface area contributed by atoms with E-state index < -0.39 is 0 Å². The van der Waals surface area contributed by atoms with E-state index in [2.05, 4.69) is 42.3 Å². The number of fused-ring (bicyclic) bond motifs is 3. The zero-order valence-electron chi connectivity index (χ0n) is 15.8. The first-order valence-corrected chi connectivity index (χ1v) is 11.3.